The van der Waals surface area contributed by atoms with Crippen LogP contribution in [0.2, 0.25) is 0 Å². The van der Waals surface area contributed by atoms with Crippen LogP contribution in [0, 0.1) is 0 Å². The average Bonchev–Trinajstić information content (AvgIpc) is 2.81. The highest BCUT2D eigenvalue weighted by atomic mass is 16.3. The van der Waals surface area contributed by atoms with Crippen molar-refractivity contribution in [3.8, 4) is 0 Å². The van der Waals surface area contributed by atoms with Crippen molar-refractivity contribution in [3.63, 3.8) is 0 Å². The lowest BCUT2D eigenvalue weighted by atomic mass is 10.1. The second-order valence-corrected chi connectivity index (χ2v) is 4.62. The van der Waals surface area contributed by atoms with Gasteiger partial charge in [-0.15, -0.1) is 0 Å². The number of nitrogens with zero attached hydrogens (tertiary/aromatic N) is 4. The van der Waals surface area contributed by atoms with Gasteiger partial charge in [-0.25, -0.2) is 9.97 Å². The Morgan fingerprint density at radius 2 is 2.22 bits per heavy atom. The molecule has 18 heavy (non-hydrogen) atoms. The average molecular weight is 249 g/mol. The van der Waals surface area contributed by atoms with Gasteiger partial charge in [-0.1, -0.05) is 0 Å². The number of aliphatic hydroxyl groups excluding tert-OH is 1. The van der Waals surface area contributed by atoms with Crippen molar-refractivity contribution in [1.82, 2.24) is 24.5 Å². The maximum absolute atomic E-state index is 11.7. The molecule has 0 spiro atoms. The molecule has 0 aliphatic carbocycles. The molecule has 2 aromatic heterocycles. The summed E-state index contributed by atoms with van der Waals surface area (Å²) in [5.74, 6) is 0.398. The Bertz CT molecular complexity index is 597. The number of nitrogens with one attached hydrogen (secondary N) is 1. The van der Waals surface area contributed by atoms with Crippen molar-refractivity contribution in [2.45, 2.75) is 25.5 Å². The summed E-state index contributed by atoms with van der Waals surface area (Å²) in [4.78, 5) is 22.2. The van der Waals surface area contributed by atoms with Gasteiger partial charge in [0.2, 0.25) is 0 Å². The summed E-state index contributed by atoms with van der Waals surface area (Å²) in [6.45, 7) is 2.30. The first-order valence-corrected chi connectivity index (χ1v) is 6.05. The third-order valence-electron chi connectivity index (χ3n) is 3.26. The van der Waals surface area contributed by atoms with Crippen LogP contribution in [0.4, 0.5) is 0 Å². The fourth-order valence-electron chi connectivity index (χ4n) is 2.26. The summed E-state index contributed by atoms with van der Waals surface area (Å²) >= 11 is 0. The van der Waals surface area contributed by atoms with E-state index in [0.29, 0.717) is 12.3 Å². The lowest BCUT2D eigenvalue weighted by molar-refractivity contribution is 0.0786. The molecule has 0 radical (unpaired) electrons. The van der Waals surface area contributed by atoms with Gasteiger partial charge in [0.25, 0.3) is 11.3 Å². The number of aromatic amines is 1. The molecule has 0 unspecified atom stereocenters. The fraction of sp³-hybridized carbons (Fsp3) is 0.545. The standard InChI is InChI=1S/C11H15N5O2/c17-9-1-3-15(4-2-9)6-8-5-10(18)16-11(14-8)12-7-13-16/h5,7,9,17H,1-4,6H2,(H,12,13,14). The van der Waals surface area contributed by atoms with E-state index in [0.717, 1.165) is 31.6 Å². The van der Waals surface area contributed by atoms with Crippen molar-refractivity contribution in [3.05, 3.63) is 28.4 Å². The van der Waals surface area contributed by atoms with E-state index >= 15 is 0 Å². The molecule has 0 amide bonds. The number of fused-ring (bicyclic) bond motifs is 1. The minimum Gasteiger partial charge on any atom is -0.393 e. The molecule has 7 nitrogen and oxygen atoms in total. The molecule has 1 aliphatic heterocycles. The van der Waals surface area contributed by atoms with Crippen LogP contribution >= 0.6 is 0 Å². The number of hydrogen-bond donors (Lipinski definition) is 2. The van der Waals surface area contributed by atoms with Gasteiger partial charge in [0, 0.05) is 25.7 Å². The van der Waals surface area contributed by atoms with Gasteiger partial charge < -0.3 is 5.11 Å². The van der Waals surface area contributed by atoms with Gasteiger partial charge in [-0.05, 0) is 12.8 Å². The van der Waals surface area contributed by atoms with Gasteiger partial charge in [0.05, 0.1) is 11.8 Å². The molecule has 0 atom stereocenters. The maximum Gasteiger partial charge on any atom is 0.274 e. The normalized spacial score (nSPS) is 18.5. The minimum atomic E-state index is -0.186. The quantitative estimate of drug-likeness (QED) is 0.740. The predicted molar refractivity (Wildman–Crippen MR) is 64.1 cm³/mol. The molecule has 1 saturated heterocycles. The molecule has 3 rings (SSSR count). The smallest absolute Gasteiger partial charge is 0.274 e. The Kier molecular flexibility index (Phi) is 2.85. The zero-order chi connectivity index (χ0) is 12.5. The Hall–Kier alpha value is -1.73. The van der Waals surface area contributed by atoms with Crippen LogP contribution in [-0.4, -0.2) is 48.8 Å². The number of H-pyrrole nitrogens is 1. The molecule has 0 bridgehead atoms. The van der Waals surface area contributed by atoms with Crippen LogP contribution in [0.5, 0.6) is 0 Å². The second kappa shape index (κ2) is 4.51. The monoisotopic (exact) mass is 249 g/mol. The number of likely N-dealkylation sites (tertiary alicyclic amines) is 1. The Labute approximate surface area is 103 Å². The van der Waals surface area contributed by atoms with E-state index < -0.39 is 0 Å². The highest BCUT2D eigenvalue weighted by Crippen LogP contribution is 2.12. The molecular formula is C11H15N5O2. The molecule has 1 fully saturated rings. The summed E-state index contributed by atoms with van der Waals surface area (Å²) in [6, 6.07) is 1.52. The van der Waals surface area contributed by atoms with Gasteiger partial charge in [-0.3, -0.25) is 14.8 Å². The van der Waals surface area contributed by atoms with E-state index in [1.54, 1.807) is 0 Å². The molecule has 3 heterocycles. The topological polar surface area (TPSA) is 86.5 Å². The van der Waals surface area contributed by atoms with Crippen molar-refractivity contribution in [1.29, 1.82) is 0 Å². The zero-order valence-corrected chi connectivity index (χ0v) is 9.91. The third kappa shape index (κ3) is 2.14. The van der Waals surface area contributed by atoms with Gasteiger partial charge in [0.15, 0.2) is 0 Å². The first-order chi connectivity index (χ1) is 8.72. The fourth-order valence-corrected chi connectivity index (χ4v) is 2.26. The van der Waals surface area contributed by atoms with Crippen LogP contribution < -0.4 is 5.56 Å². The Balaban J connectivity index is 1.80. The summed E-state index contributed by atoms with van der Waals surface area (Å²) in [6.07, 6.45) is 2.83. The lowest BCUT2D eigenvalue weighted by Crippen LogP contribution is -2.35. The molecule has 2 N–H and O–H groups in total. The van der Waals surface area contributed by atoms with Crippen LogP contribution in [0.3, 0.4) is 0 Å². The molecule has 96 valence electrons. The summed E-state index contributed by atoms with van der Waals surface area (Å²) in [7, 11) is 0. The summed E-state index contributed by atoms with van der Waals surface area (Å²) in [5, 5.41) is 12.1. The van der Waals surface area contributed by atoms with Crippen LogP contribution in [0.15, 0.2) is 17.2 Å². The summed E-state index contributed by atoms with van der Waals surface area (Å²) < 4.78 is 1.31. The van der Waals surface area contributed by atoms with E-state index in [4.69, 9.17) is 0 Å². The maximum atomic E-state index is 11.7. The van der Waals surface area contributed by atoms with Crippen LogP contribution in [-0.2, 0) is 6.54 Å². The lowest BCUT2D eigenvalue weighted by Gasteiger charge is -2.28. The Morgan fingerprint density at radius 3 is 3.00 bits per heavy atom. The van der Waals surface area contributed by atoms with Crippen LogP contribution in [0.1, 0.15) is 18.5 Å². The van der Waals surface area contributed by atoms with Gasteiger partial charge in [-0.2, -0.15) is 4.52 Å². The summed E-state index contributed by atoms with van der Waals surface area (Å²) in [5.41, 5.74) is 0.577. The van der Waals surface area contributed by atoms with E-state index in [1.807, 2.05) is 0 Å². The van der Waals surface area contributed by atoms with Gasteiger partial charge >= 0.3 is 0 Å². The largest absolute Gasteiger partial charge is 0.393 e. The first kappa shape index (κ1) is 11.4. The molecule has 0 saturated carbocycles. The number of hydrogen-bond acceptors (Lipinski definition) is 5. The molecule has 0 aromatic carbocycles. The van der Waals surface area contributed by atoms with E-state index in [2.05, 4.69) is 20.0 Å². The number of aliphatic hydroxyl groups is 1. The third-order valence-corrected chi connectivity index (χ3v) is 3.26. The molecule has 1 aliphatic rings. The number of aromatic nitrogens is 4. The Morgan fingerprint density at radius 1 is 1.44 bits per heavy atom. The van der Waals surface area contributed by atoms with E-state index in [-0.39, 0.29) is 11.7 Å². The number of rotatable bonds is 2. The van der Waals surface area contributed by atoms with Crippen LogP contribution in [0.25, 0.3) is 5.78 Å². The molecular weight excluding hydrogens is 234 g/mol. The van der Waals surface area contributed by atoms with Crippen molar-refractivity contribution in [2.75, 3.05) is 13.1 Å². The van der Waals surface area contributed by atoms with Crippen molar-refractivity contribution >= 4 is 5.78 Å². The predicted octanol–water partition coefficient (Wildman–Crippen LogP) is -0.626. The van der Waals surface area contributed by atoms with E-state index in [1.165, 1.54) is 16.9 Å². The molecule has 7 heteroatoms. The van der Waals surface area contributed by atoms with Gasteiger partial charge in [0.1, 0.15) is 6.33 Å². The second-order valence-electron chi connectivity index (χ2n) is 4.62. The van der Waals surface area contributed by atoms with E-state index in [9.17, 15) is 9.90 Å². The minimum absolute atomic E-state index is 0.149. The highest BCUT2D eigenvalue weighted by Gasteiger charge is 2.17. The zero-order valence-electron chi connectivity index (χ0n) is 9.91. The molecule has 2 aromatic rings. The highest BCUT2D eigenvalue weighted by molar-refractivity contribution is 5.25. The van der Waals surface area contributed by atoms with Crippen molar-refractivity contribution in [2.24, 2.45) is 0 Å². The number of piperidine rings is 1. The van der Waals surface area contributed by atoms with Crippen molar-refractivity contribution < 1.29 is 5.11 Å². The SMILES string of the molecule is O=c1cc(CN2CCC(O)CC2)nc2nc[nH]n12. The first-order valence-electron chi connectivity index (χ1n) is 6.05.